The van der Waals surface area contributed by atoms with Crippen LogP contribution in [0.25, 0.3) is 49.7 Å². The summed E-state index contributed by atoms with van der Waals surface area (Å²) in [6.45, 7) is 2.12. The first-order chi connectivity index (χ1) is 23.8. The fourth-order valence-electron chi connectivity index (χ4n) is 6.77. The van der Waals surface area contributed by atoms with Gasteiger partial charge in [-0.05, 0) is 102 Å². The summed E-state index contributed by atoms with van der Waals surface area (Å²) >= 11 is 0. The standard InChI is InChI=1S/C44H31F3N2/c1-30-16-26-42-39(28-30)40-29-37(48(34-10-4-2-5-11-34)35-12-6-3-7-13-35)25-27-43(40)49(42)36-23-21-32(22-24-36)31-17-19-33(20-18-31)38-14-8-9-15-41(38)44(45,46)47/h2-29H,1H3. The molecule has 0 N–H and O–H groups in total. The van der Waals surface area contributed by atoms with Crippen LogP contribution in [0.2, 0.25) is 0 Å². The van der Waals surface area contributed by atoms with E-state index in [4.69, 9.17) is 0 Å². The minimum absolute atomic E-state index is 0.178. The summed E-state index contributed by atoms with van der Waals surface area (Å²) in [4.78, 5) is 2.28. The molecule has 238 valence electrons. The Balaban J connectivity index is 1.19. The zero-order valence-electron chi connectivity index (χ0n) is 26.7. The average Bonchev–Trinajstić information content (AvgIpc) is 3.45. The lowest BCUT2D eigenvalue weighted by molar-refractivity contribution is -0.137. The monoisotopic (exact) mass is 644 g/mol. The summed E-state index contributed by atoms with van der Waals surface area (Å²) in [7, 11) is 0. The van der Waals surface area contributed by atoms with Crippen LogP contribution in [0, 0.1) is 6.92 Å². The molecule has 49 heavy (non-hydrogen) atoms. The van der Waals surface area contributed by atoms with Crippen LogP contribution in [0.3, 0.4) is 0 Å². The zero-order valence-corrected chi connectivity index (χ0v) is 26.7. The number of hydrogen-bond donors (Lipinski definition) is 0. The van der Waals surface area contributed by atoms with Gasteiger partial charge in [-0.15, -0.1) is 0 Å². The van der Waals surface area contributed by atoms with E-state index in [1.807, 2.05) is 24.3 Å². The van der Waals surface area contributed by atoms with Gasteiger partial charge in [0, 0.05) is 33.5 Å². The third-order valence-electron chi connectivity index (χ3n) is 9.08. The lowest BCUT2D eigenvalue weighted by Gasteiger charge is -2.25. The van der Waals surface area contributed by atoms with Crippen LogP contribution < -0.4 is 4.90 Å². The first-order valence-electron chi connectivity index (χ1n) is 16.2. The first kappa shape index (κ1) is 30.3. The number of aryl methyl sites for hydroxylation is 1. The van der Waals surface area contributed by atoms with Gasteiger partial charge in [0.2, 0.25) is 0 Å². The van der Waals surface area contributed by atoms with E-state index >= 15 is 0 Å². The quantitative estimate of drug-likeness (QED) is 0.175. The van der Waals surface area contributed by atoms with Crippen molar-refractivity contribution in [3.63, 3.8) is 0 Å². The number of alkyl halides is 3. The van der Waals surface area contributed by atoms with Crippen LogP contribution in [0.15, 0.2) is 170 Å². The van der Waals surface area contributed by atoms with E-state index in [-0.39, 0.29) is 5.56 Å². The summed E-state index contributed by atoms with van der Waals surface area (Å²) < 4.78 is 43.2. The molecule has 0 aliphatic carbocycles. The van der Waals surface area contributed by atoms with Gasteiger partial charge >= 0.3 is 6.18 Å². The molecule has 0 atom stereocenters. The topological polar surface area (TPSA) is 8.17 Å². The Bertz CT molecular complexity index is 2370. The number of rotatable bonds is 6. The molecule has 1 aromatic heterocycles. The molecule has 0 spiro atoms. The third kappa shape index (κ3) is 5.63. The third-order valence-corrected chi connectivity index (χ3v) is 9.08. The highest BCUT2D eigenvalue weighted by Gasteiger charge is 2.33. The van der Waals surface area contributed by atoms with Crippen molar-refractivity contribution in [2.24, 2.45) is 0 Å². The molecule has 0 aliphatic heterocycles. The van der Waals surface area contributed by atoms with E-state index < -0.39 is 11.7 Å². The highest BCUT2D eigenvalue weighted by Crippen LogP contribution is 2.41. The molecule has 1 heterocycles. The lowest BCUT2D eigenvalue weighted by atomic mass is 9.96. The van der Waals surface area contributed by atoms with E-state index in [1.165, 1.54) is 23.1 Å². The normalized spacial score (nSPS) is 11.7. The van der Waals surface area contributed by atoms with Crippen molar-refractivity contribution in [1.82, 2.24) is 4.57 Å². The molecule has 0 saturated heterocycles. The van der Waals surface area contributed by atoms with Crippen molar-refractivity contribution in [3.8, 4) is 27.9 Å². The summed E-state index contributed by atoms with van der Waals surface area (Å²) in [6.07, 6.45) is -4.42. The molecule has 0 unspecified atom stereocenters. The summed E-state index contributed by atoms with van der Waals surface area (Å²) in [5.74, 6) is 0. The van der Waals surface area contributed by atoms with Crippen LogP contribution in [-0.4, -0.2) is 4.57 Å². The van der Waals surface area contributed by atoms with E-state index in [0.29, 0.717) is 5.56 Å². The molecule has 7 aromatic carbocycles. The first-order valence-corrected chi connectivity index (χ1v) is 16.2. The predicted octanol–water partition coefficient (Wildman–Crippen LogP) is 12.9. The largest absolute Gasteiger partial charge is 0.417 e. The Hall–Kier alpha value is -6.07. The number of hydrogen-bond acceptors (Lipinski definition) is 1. The van der Waals surface area contributed by atoms with E-state index in [0.717, 1.165) is 56.4 Å². The Morgan fingerprint density at radius 2 is 0.980 bits per heavy atom. The van der Waals surface area contributed by atoms with Crippen LogP contribution in [-0.2, 0) is 6.18 Å². The zero-order chi connectivity index (χ0) is 33.5. The molecule has 0 saturated carbocycles. The predicted molar refractivity (Wildman–Crippen MR) is 196 cm³/mol. The molecule has 8 aromatic rings. The highest BCUT2D eigenvalue weighted by molar-refractivity contribution is 6.11. The molecule has 5 heteroatoms. The van der Waals surface area contributed by atoms with Gasteiger partial charge in [0.25, 0.3) is 0 Å². The van der Waals surface area contributed by atoms with Crippen molar-refractivity contribution < 1.29 is 13.2 Å². The number of fused-ring (bicyclic) bond motifs is 3. The second-order valence-electron chi connectivity index (χ2n) is 12.2. The van der Waals surface area contributed by atoms with E-state index in [2.05, 4.69) is 126 Å². The van der Waals surface area contributed by atoms with Gasteiger partial charge < -0.3 is 9.47 Å². The number of benzene rings is 7. The molecule has 0 fully saturated rings. The molecule has 0 aliphatic rings. The van der Waals surface area contributed by atoms with Gasteiger partial charge in [0.15, 0.2) is 0 Å². The number of halogens is 3. The lowest BCUT2D eigenvalue weighted by Crippen LogP contribution is -2.09. The van der Waals surface area contributed by atoms with Gasteiger partial charge in [0.1, 0.15) is 0 Å². The number of aromatic nitrogens is 1. The minimum atomic E-state index is -4.42. The molecular weight excluding hydrogens is 613 g/mol. The second-order valence-corrected chi connectivity index (χ2v) is 12.2. The number of anilines is 3. The molecule has 2 nitrogen and oxygen atoms in total. The number of para-hydroxylation sites is 2. The maximum atomic E-state index is 13.6. The molecule has 0 bridgehead atoms. The Morgan fingerprint density at radius 3 is 1.59 bits per heavy atom. The van der Waals surface area contributed by atoms with Gasteiger partial charge in [-0.2, -0.15) is 13.2 Å². The molecular formula is C44H31F3N2. The second kappa shape index (κ2) is 12.2. The van der Waals surface area contributed by atoms with E-state index in [9.17, 15) is 13.2 Å². The molecule has 0 radical (unpaired) electrons. The van der Waals surface area contributed by atoms with Gasteiger partial charge in [-0.3, -0.25) is 0 Å². The number of nitrogens with zero attached hydrogens (tertiary/aromatic N) is 2. The fourth-order valence-corrected chi connectivity index (χ4v) is 6.77. The SMILES string of the molecule is Cc1ccc2c(c1)c1cc(N(c3ccccc3)c3ccccc3)ccc1n2-c1ccc(-c2ccc(-c3ccccc3C(F)(F)F)cc2)cc1. The van der Waals surface area contributed by atoms with Crippen molar-refractivity contribution in [2.75, 3.05) is 4.90 Å². The average molecular weight is 645 g/mol. The van der Waals surface area contributed by atoms with Gasteiger partial charge in [0.05, 0.1) is 16.6 Å². The maximum Gasteiger partial charge on any atom is 0.417 e. The summed E-state index contributed by atoms with van der Waals surface area (Å²) in [5.41, 5.74) is 9.68. The van der Waals surface area contributed by atoms with Crippen LogP contribution in [0.1, 0.15) is 11.1 Å². The minimum Gasteiger partial charge on any atom is -0.310 e. The Morgan fingerprint density at radius 1 is 0.469 bits per heavy atom. The smallest absolute Gasteiger partial charge is 0.310 e. The van der Waals surface area contributed by atoms with Crippen LogP contribution in [0.5, 0.6) is 0 Å². The van der Waals surface area contributed by atoms with Crippen molar-refractivity contribution in [2.45, 2.75) is 13.1 Å². The maximum absolute atomic E-state index is 13.6. The van der Waals surface area contributed by atoms with E-state index in [1.54, 1.807) is 18.2 Å². The van der Waals surface area contributed by atoms with Crippen molar-refractivity contribution >= 4 is 38.9 Å². The fraction of sp³-hybridized carbons (Fsp3) is 0.0455. The molecule has 0 amide bonds. The summed E-state index contributed by atoms with van der Waals surface area (Å²) in [6, 6.07) is 55.4. The van der Waals surface area contributed by atoms with Gasteiger partial charge in [-0.25, -0.2) is 0 Å². The Labute approximate surface area is 282 Å². The van der Waals surface area contributed by atoms with Crippen molar-refractivity contribution in [1.29, 1.82) is 0 Å². The van der Waals surface area contributed by atoms with Crippen molar-refractivity contribution in [3.05, 3.63) is 181 Å². The summed E-state index contributed by atoms with van der Waals surface area (Å²) in [5, 5.41) is 2.34. The Kier molecular flexibility index (Phi) is 7.53. The van der Waals surface area contributed by atoms with Gasteiger partial charge in [-0.1, -0.05) is 103 Å². The highest BCUT2D eigenvalue weighted by atomic mass is 19.4. The van der Waals surface area contributed by atoms with Crippen LogP contribution in [0.4, 0.5) is 30.2 Å². The molecule has 8 rings (SSSR count). The van der Waals surface area contributed by atoms with Crippen LogP contribution >= 0.6 is 0 Å².